The minimum atomic E-state index is -0.245. The van der Waals surface area contributed by atoms with E-state index < -0.39 is 0 Å². The molecule has 1 aliphatic heterocycles. The molecule has 7 aromatic carbocycles. The molecule has 1 aromatic heterocycles. The lowest BCUT2D eigenvalue weighted by molar-refractivity contribution is 0.673. The molecule has 4 heteroatoms. The summed E-state index contributed by atoms with van der Waals surface area (Å²) in [6, 6.07) is 56.9. The van der Waals surface area contributed by atoms with Crippen molar-refractivity contribution in [1.82, 2.24) is 5.32 Å². The molecule has 0 amide bonds. The molecule has 0 spiro atoms. The van der Waals surface area contributed by atoms with Crippen LogP contribution in [0.3, 0.4) is 0 Å². The number of benzene rings is 7. The zero-order chi connectivity index (χ0) is 31.2. The number of nitrogens with one attached hydrogen (secondary N) is 1. The number of hydrogen-bond acceptors (Lipinski definition) is 4. The van der Waals surface area contributed by atoms with Crippen molar-refractivity contribution < 1.29 is 4.42 Å². The third kappa shape index (κ3) is 4.88. The van der Waals surface area contributed by atoms with E-state index in [1.807, 2.05) is 36.4 Å². The molecule has 0 aliphatic carbocycles. The molecule has 222 valence electrons. The van der Waals surface area contributed by atoms with E-state index in [0.29, 0.717) is 5.84 Å². The first-order valence-corrected chi connectivity index (χ1v) is 15.9. The third-order valence-electron chi connectivity index (χ3n) is 8.92. The number of hydrogen-bond donors (Lipinski definition) is 1. The molecule has 47 heavy (non-hydrogen) atoms. The van der Waals surface area contributed by atoms with E-state index in [1.54, 1.807) is 0 Å². The Labute approximate surface area is 272 Å². The molecule has 8 aromatic rings. The van der Waals surface area contributed by atoms with Gasteiger partial charge < -0.3 is 9.73 Å². The molecule has 1 N–H and O–H groups in total. The van der Waals surface area contributed by atoms with Crippen molar-refractivity contribution in [2.24, 2.45) is 9.98 Å². The Bertz CT molecular complexity index is 2480. The van der Waals surface area contributed by atoms with Gasteiger partial charge >= 0.3 is 0 Å². The van der Waals surface area contributed by atoms with Crippen molar-refractivity contribution in [2.45, 2.75) is 6.17 Å². The number of nitrogens with zero attached hydrogens (tertiary/aromatic N) is 2. The van der Waals surface area contributed by atoms with E-state index in [9.17, 15) is 0 Å². The van der Waals surface area contributed by atoms with Crippen LogP contribution < -0.4 is 5.32 Å². The summed E-state index contributed by atoms with van der Waals surface area (Å²) in [6.45, 7) is 0. The SMILES string of the molecule is c1ccc(C2=NC(c3cccc(-c4ccc5c(c4)oc4c6ccccc6c(-c6ccccc6)cc54)c3)=NC(c3ccccc3)N2)cc1. The number of rotatable bonds is 5. The van der Waals surface area contributed by atoms with Crippen LogP contribution in [0.5, 0.6) is 0 Å². The third-order valence-corrected chi connectivity index (χ3v) is 8.92. The summed E-state index contributed by atoms with van der Waals surface area (Å²) in [4.78, 5) is 10.1. The number of amidine groups is 2. The molecule has 0 bridgehead atoms. The van der Waals surface area contributed by atoms with E-state index in [1.165, 1.54) is 16.5 Å². The van der Waals surface area contributed by atoms with Crippen LogP contribution in [-0.2, 0) is 0 Å². The van der Waals surface area contributed by atoms with Crippen molar-refractivity contribution in [1.29, 1.82) is 0 Å². The van der Waals surface area contributed by atoms with Crippen LogP contribution in [0.15, 0.2) is 178 Å². The van der Waals surface area contributed by atoms with Gasteiger partial charge in [-0.15, -0.1) is 0 Å². The first-order chi connectivity index (χ1) is 23.3. The summed E-state index contributed by atoms with van der Waals surface area (Å²) >= 11 is 0. The first kappa shape index (κ1) is 27.1. The molecule has 0 saturated carbocycles. The Hall–Kier alpha value is -6.26. The van der Waals surface area contributed by atoms with Crippen LogP contribution in [-0.4, -0.2) is 11.7 Å². The van der Waals surface area contributed by atoms with Crippen LogP contribution in [0, 0.1) is 0 Å². The lowest BCUT2D eigenvalue weighted by atomic mass is 9.95. The fourth-order valence-electron chi connectivity index (χ4n) is 6.60. The average molecular weight is 604 g/mol. The van der Waals surface area contributed by atoms with Gasteiger partial charge in [0.2, 0.25) is 0 Å². The maximum Gasteiger partial charge on any atom is 0.159 e. The monoisotopic (exact) mass is 603 g/mol. The summed E-state index contributed by atoms with van der Waals surface area (Å²) in [7, 11) is 0. The van der Waals surface area contributed by atoms with Crippen molar-refractivity contribution in [3.63, 3.8) is 0 Å². The molecule has 0 radical (unpaired) electrons. The van der Waals surface area contributed by atoms with E-state index in [-0.39, 0.29) is 6.17 Å². The van der Waals surface area contributed by atoms with Crippen molar-refractivity contribution in [2.75, 3.05) is 0 Å². The molecule has 0 fully saturated rings. The van der Waals surface area contributed by atoms with Crippen LogP contribution in [0.1, 0.15) is 22.9 Å². The lowest BCUT2D eigenvalue weighted by Crippen LogP contribution is -2.33. The first-order valence-electron chi connectivity index (χ1n) is 15.9. The van der Waals surface area contributed by atoms with Crippen LogP contribution >= 0.6 is 0 Å². The second-order valence-corrected chi connectivity index (χ2v) is 11.8. The minimum absolute atomic E-state index is 0.245. The normalized spacial score (nSPS) is 14.6. The zero-order valence-corrected chi connectivity index (χ0v) is 25.5. The average Bonchev–Trinajstić information content (AvgIpc) is 3.53. The fraction of sp³-hybridized carbons (Fsp3) is 0.0233. The van der Waals surface area contributed by atoms with Gasteiger partial charge in [-0.25, -0.2) is 9.98 Å². The van der Waals surface area contributed by atoms with Gasteiger partial charge in [0.15, 0.2) is 5.84 Å². The highest BCUT2D eigenvalue weighted by Gasteiger charge is 2.21. The number of aliphatic imine (C=N–C) groups is 2. The van der Waals surface area contributed by atoms with Gasteiger partial charge in [-0.3, -0.25) is 0 Å². The zero-order valence-electron chi connectivity index (χ0n) is 25.5. The minimum Gasteiger partial charge on any atom is -0.455 e. The smallest absolute Gasteiger partial charge is 0.159 e. The molecular formula is C43H29N3O. The topological polar surface area (TPSA) is 49.9 Å². The van der Waals surface area contributed by atoms with Crippen LogP contribution in [0.25, 0.3) is 55.0 Å². The highest BCUT2D eigenvalue weighted by Crippen LogP contribution is 2.40. The van der Waals surface area contributed by atoms with Gasteiger partial charge in [0.25, 0.3) is 0 Å². The van der Waals surface area contributed by atoms with Crippen LogP contribution in [0.4, 0.5) is 0 Å². The van der Waals surface area contributed by atoms with Gasteiger partial charge in [-0.2, -0.15) is 0 Å². The second kappa shape index (κ2) is 11.3. The summed E-state index contributed by atoms with van der Waals surface area (Å²) in [5, 5.41) is 8.07. The van der Waals surface area contributed by atoms with E-state index in [4.69, 9.17) is 14.4 Å². The molecule has 1 unspecified atom stereocenters. The fourth-order valence-corrected chi connectivity index (χ4v) is 6.60. The Morgan fingerprint density at radius 3 is 1.89 bits per heavy atom. The molecule has 4 nitrogen and oxygen atoms in total. The lowest BCUT2D eigenvalue weighted by Gasteiger charge is -2.23. The Kier molecular flexibility index (Phi) is 6.50. The molecule has 2 heterocycles. The quantitative estimate of drug-likeness (QED) is 0.213. The predicted octanol–water partition coefficient (Wildman–Crippen LogP) is 10.6. The Morgan fingerprint density at radius 1 is 0.468 bits per heavy atom. The Balaban J connectivity index is 1.15. The van der Waals surface area contributed by atoms with E-state index in [2.05, 4.69) is 133 Å². The number of furan rings is 1. The maximum absolute atomic E-state index is 6.64. The molecule has 1 aliphatic rings. The van der Waals surface area contributed by atoms with Gasteiger partial charge in [0.1, 0.15) is 23.2 Å². The van der Waals surface area contributed by atoms with Gasteiger partial charge in [0, 0.05) is 27.3 Å². The highest BCUT2D eigenvalue weighted by atomic mass is 16.3. The Morgan fingerprint density at radius 2 is 1.11 bits per heavy atom. The van der Waals surface area contributed by atoms with E-state index in [0.717, 1.165) is 61.0 Å². The number of fused-ring (bicyclic) bond motifs is 5. The van der Waals surface area contributed by atoms with E-state index >= 15 is 0 Å². The molecular weight excluding hydrogens is 574 g/mol. The molecule has 9 rings (SSSR count). The standard InChI is InChI=1S/C43H29N3O/c1-4-13-28(14-5-1)37-27-38-35-24-23-32(26-39(35)47-40(38)36-22-11-10-21-34(36)37)31-19-12-20-33(25-31)43-45-41(29-15-6-2-7-16-29)44-42(46-43)30-17-8-3-9-18-30/h1-27,41H,(H,44,45,46). The maximum atomic E-state index is 6.64. The second-order valence-electron chi connectivity index (χ2n) is 11.8. The predicted molar refractivity (Wildman–Crippen MR) is 194 cm³/mol. The summed E-state index contributed by atoms with van der Waals surface area (Å²) in [5.74, 6) is 1.50. The highest BCUT2D eigenvalue weighted by molar-refractivity contribution is 6.19. The van der Waals surface area contributed by atoms with Gasteiger partial charge in [-0.1, -0.05) is 140 Å². The van der Waals surface area contributed by atoms with Gasteiger partial charge in [-0.05, 0) is 57.5 Å². The van der Waals surface area contributed by atoms with Crippen molar-refractivity contribution >= 4 is 44.4 Å². The van der Waals surface area contributed by atoms with Gasteiger partial charge in [0.05, 0.1) is 0 Å². The van der Waals surface area contributed by atoms with Crippen molar-refractivity contribution in [3.8, 4) is 22.3 Å². The molecule has 0 saturated heterocycles. The largest absolute Gasteiger partial charge is 0.455 e. The molecule has 1 atom stereocenters. The summed E-state index contributed by atoms with van der Waals surface area (Å²) in [5.41, 5.74) is 9.41. The summed E-state index contributed by atoms with van der Waals surface area (Å²) < 4.78 is 6.64. The summed E-state index contributed by atoms with van der Waals surface area (Å²) in [6.07, 6.45) is -0.245. The van der Waals surface area contributed by atoms with Crippen LogP contribution in [0.2, 0.25) is 0 Å². The van der Waals surface area contributed by atoms with Crippen molar-refractivity contribution in [3.05, 3.63) is 180 Å².